The summed E-state index contributed by atoms with van der Waals surface area (Å²) in [5, 5.41) is 10.9. The molecule has 0 radical (unpaired) electrons. The van der Waals surface area contributed by atoms with Gasteiger partial charge in [0, 0.05) is 43.7 Å². The van der Waals surface area contributed by atoms with Crippen LogP contribution in [0.25, 0.3) is 0 Å². The number of aryl methyl sites for hydroxylation is 1. The number of halogens is 1. The summed E-state index contributed by atoms with van der Waals surface area (Å²) in [4.78, 5) is 14.3. The van der Waals surface area contributed by atoms with Crippen molar-refractivity contribution in [1.29, 1.82) is 0 Å². The number of aliphatic hydroxyl groups is 1. The molecule has 1 aromatic carbocycles. The largest absolute Gasteiger partial charge is 0.461 e. The van der Waals surface area contributed by atoms with Gasteiger partial charge >= 0.3 is 6.01 Å². The van der Waals surface area contributed by atoms with E-state index in [1.165, 1.54) is 11.1 Å². The van der Waals surface area contributed by atoms with Crippen molar-refractivity contribution in [3.05, 3.63) is 40.6 Å². The number of piperidine rings is 1. The highest BCUT2D eigenvalue weighted by atomic mass is 19.1. The van der Waals surface area contributed by atoms with Gasteiger partial charge in [-0.2, -0.15) is 9.97 Å². The third-order valence-corrected chi connectivity index (χ3v) is 9.85. The fourth-order valence-corrected chi connectivity index (χ4v) is 7.99. The summed E-state index contributed by atoms with van der Waals surface area (Å²) < 4.78 is 27.5. The Hall–Kier alpha value is -2.49. The molecule has 7 rings (SSSR count). The van der Waals surface area contributed by atoms with Gasteiger partial charge in [-0.3, -0.25) is 4.90 Å². The third-order valence-electron chi connectivity index (χ3n) is 9.85. The zero-order valence-electron chi connectivity index (χ0n) is 22.9. The number of ether oxygens (including phenoxy) is 2. The number of alkyl halides is 1. The van der Waals surface area contributed by atoms with Crippen LogP contribution in [0, 0.1) is 0 Å². The van der Waals surface area contributed by atoms with E-state index in [-0.39, 0.29) is 5.54 Å². The predicted molar refractivity (Wildman–Crippen MR) is 147 cm³/mol. The Bertz CT molecular complexity index is 1270. The second kappa shape index (κ2) is 9.28. The molecule has 2 aromatic rings. The molecular weight excluding hydrogens is 497 g/mol. The van der Waals surface area contributed by atoms with E-state index in [1.807, 2.05) is 13.0 Å². The number of rotatable bonds is 4. The smallest absolute Gasteiger partial charge is 0.318 e. The van der Waals surface area contributed by atoms with Crippen molar-refractivity contribution in [1.82, 2.24) is 14.9 Å². The Morgan fingerprint density at radius 2 is 2.05 bits per heavy atom. The molecule has 1 spiro atoms. The maximum Gasteiger partial charge on any atom is 0.318 e. The van der Waals surface area contributed by atoms with Gasteiger partial charge in [0.05, 0.1) is 29.0 Å². The zero-order valence-corrected chi connectivity index (χ0v) is 22.9. The summed E-state index contributed by atoms with van der Waals surface area (Å²) in [6.07, 6.45) is 6.96. The van der Waals surface area contributed by atoms with E-state index in [0.29, 0.717) is 45.2 Å². The Balaban J connectivity index is 1.24. The summed E-state index contributed by atoms with van der Waals surface area (Å²) in [6.45, 7) is 5.43. The summed E-state index contributed by atoms with van der Waals surface area (Å²) >= 11 is 0. The fraction of sp³-hybridized carbons (Fsp3) is 0.667. The lowest BCUT2D eigenvalue weighted by atomic mass is 9.74. The van der Waals surface area contributed by atoms with E-state index >= 15 is 0 Å². The molecule has 3 N–H and O–H groups in total. The van der Waals surface area contributed by atoms with Crippen LogP contribution in [0.15, 0.2) is 18.2 Å². The van der Waals surface area contributed by atoms with Crippen molar-refractivity contribution in [2.24, 2.45) is 0 Å². The van der Waals surface area contributed by atoms with Crippen molar-refractivity contribution in [2.75, 3.05) is 43.4 Å². The van der Waals surface area contributed by atoms with Crippen molar-refractivity contribution < 1.29 is 19.0 Å². The van der Waals surface area contributed by atoms with Crippen LogP contribution >= 0.6 is 0 Å². The molecule has 0 amide bonds. The molecular formula is C30H40FN5O3. The fourth-order valence-electron chi connectivity index (χ4n) is 7.99. The quantitative estimate of drug-likeness (QED) is 0.571. The predicted octanol–water partition coefficient (Wildman–Crippen LogP) is 3.67. The van der Waals surface area contributed by atoms with Crippen LogP contribution in [-0.2, 0) is 29.8 Å². The van der Waals surface area contributed by atoms with Crippen molar-refractivity contribution in [2.45, 2.75) is 94.2 Å². The minimum atomic E-state index is -0.804. The van der Waals surface area contributed by atoms with Gasteiger partial charge in [0.2, 0.25) is 0 Å². The second-order valence-electron chi connectivity index (χ2n) is 12.9. The molecule has 210 valence electrons. The number of β-amino-alcohol motifs (C(OH)–C–C–N with tert-alkyl or cyclic N) is 1. The molecule has 4 unspecified atom stereocenters. The van der Waals surface area contributed by atoms with Crippen LogP contribution in [-0.4, -0.2) is 70.1 Å². The van der Waals surface area contributed by atoms with Gasteiger partial charge < -0.3 is 25.2 Å². The van der Waals surface area contributed by atoms with Gasteiger partial charge in [-0.25, -0.2) is 4.39 Å². The SMILES string of the molecule is CC1(O)CCCN(c2nc(OCC34CCCN3CC(F)C4)nc3c2COC2(CCCc4cc(N)ccc42)C3)C1. The molecule has 1 aliphatic carbocycles. The normalized spacial score (nSPS) is 34.1. The highest BCUT2D eigenvalue weighted by molar-refractivity contribution is 5.54. The van der Waals surface area contributed by atoms with Gasteiger partial charge in [0.25, 0.3) is 0 Å². The summed E-state index contributed by atoms with van der Waals surface area (Å²) in [7, 11) is 0. The van der Waals surface area contributed by atoms with Crippen molar-refractivity contribution in [3.8, 4) is 6.01 Å². The first-order valence-electron chi connectivity index (χ1n) is 14.7. The molecule has 1 aromatic heterocycles. The van der Waals surface area contributed by atoms with Crippen LogP contribution in [0.5, 0.6) is 6.01 Å². The van der Waals surface area contributed by atoms with Gasteiger partial charge in [-0.15, -0.1) is 0 Å². The number of benzene rings is 1. The highest BCUT2D eigenvalue weighted by Gasteiger charge is 2.50. The average molecular weight is 538 g/mol. The second-order valence-corrected chi connectivity index (χ2v) is 12.9. The molecule has 4 aliphatic heterocycles. The maximum absolute atomic E-state index is 14.4. The Morgan fingerprint density at radius 3 is 2.92 bits per heavy atom. The van der Waals surface area contributed by atoms with Crippen LogP contribution in [0.4, 0.5) is 15.9 Å². The molecule has 8 nitrogen and oxygen atoms in total. The van der Waals surface area contributed by atoms with Crippen LogP contribution in [0.1, 0.15) is 74.3 Å². The number of anilines is 2. The maximum atomic E-state index is 14.4. The number of fused-ring (bicyclic) bond motifs is 4. The van der Waals surface area contributed by atoms with Gasteiger partial charge in [-0.1, -0.05) is 6.07 Å². The summed E-state index contributed by atoms with van der Waals surface area (Å²) in [5.41, 5.74) is 9.81. The minimum Gasteiger partial charge on any atom is -0.461 e. The highest BCUT2D eigenvalue weighted by Crippen LogP contribution is 2.47. The number of nitrogens with zero attached hydrogens (tertiary/aromatic N) is 4. The van der Waals surface area contributed by atoms with Gasteiger partial charge in [-0.05, 0) is 81.7 Å². The molecule has 4 atom stereocenters. The van der Waals surface area contributed by atoms with E-state index < -0.39 is 17.4 Å². The molecule has 3 saturated heterocycles. The number of nitrogen functional groups attached to an aromatic ring is 1. The van der Waals surface area contributed by atoms with Gasteiger partial charge in [0.1, 0.15) is 18.6 Å². The van der Waals surface area contributed by atoms with Crippen molar-refractivity contribution >= 4 is 11.5 Å². The number of nitrogens with two attached hydrogens (primary N) is 1. The third kappa shape index (κ3) is 4.46. The van der Waals surface area contributed by atoms with Crippen LogP contribution in [0.3, 0.4) is 0 Å². The lowest BCUT2D eigenvalue weighted by Crippen LogP contribution is -2.47. The van der Waals surface area contributed by atoms with E-state index in [4.69, 9.17) is 25.2 Å². The topological polar surface area (TPSA) is 97.0 Å². The first-order chi connectivity index (χ1) is 18.7. The monoisotopic (exact) mass is 537 g/mol. The molecule has 0 bridgehead atoms. The molecule has 9 heteroatoms. The van der Waals surface area contributed by atoms with Gasteiger partial charge in [0.15, 0.2) is 0 Å². The zero-order chi connectivity index (χ0) is 26.8. The van der Waals surface area contributed by atoms with E-state index in [9.17, 15) is 9.50 Å². The standard InChI is InChI=1S/C30H40FN5O3/c1-28(37)8-3-11-35(18-28)26-23-17-39-30(10-2-5-20-13-22(32)6-7-24(20)30)15-25(23)33-27(34-26)38-19-29-9-4-12-36(29)16-21(31)14-29/h6-7,13,21,37H,2-5,8-12,14-19,32H2,1H3. The summed E-state index contributed by atoms with van der Waals surface area (Å²) in [6, 6.07) is 6.52. The summed E-state index contributed by atoms with van der Waals surface area (Å²) in [5.74, 6) is 0.800. The van der Waals surface area contributed by atoms with Crippen LogP contribution < -0.4 is 15.4 Å². The van der Waals surface area contributed by atoms with E-state index in [1.54, 1.807) is 0 Å². The molecule has 0 saturated carbocycles. The van der Waals surface area contributed by atoms with E-state index in [0.717, 1.165) is 80.8 Å². The van der Waals surface area contributed by atoms with E-state index in [2.05, 4.69) is 21.9 Å². The Labute approximate surface area is 229 Å². The lowest BCUT2D eigenvalue weighted by Gasteiger charge is -2.44. The first kappa shape index (κ1) is 25.5. The molecule has 5 aliphatic rings. The Morgan fingerprint density at radius 1 is 1.18 bits per heavy atom. The molecule has 39 heavy (non-hydrogen) atoms. The number of aromatic nitrogens is 2. The Kier molecular flexibility index (Phi) is 6.06. The molecule has 5 heterocycles. The molecule has 3 fully saturated rings. The van der Waals surface area contributed by atoms with Crippen molar-refractivity contribution in [3.63, 3.8) is 0 Å². The lowest BCUT2D eigenvalue weighted by molar-refractivity contribution is -0.0856. The average Bonchev–Trinajstić information content (AvgIpc) is 3.42. The van der Waals surface area contributed by atoms with Crippen LogP contribution in [0.2, 0.25) is 0 Å². The first-order valence-corrected chi connectivity index (χ1v) is 14.7. The minimum absolute atomic E-state index is 0.264. The number of hydrogen-bond acceptors (Lipinski definition) is 8. The number of hydrogen-bond donors (Lipinski definition) is 2.